The number of amides is 1. The number of nitrogens with zero attached hydrogens (tertiary/aromatic N) is 2. The van der Waals surface area contributed by atoms with Crippen molar-refractivity contribution in [3.63, 3.8) is 0 Å². The van der Waals surface area contributed by atoms with Crippen LogP contribution in [0.15, 0.2) is 0 Å². The van der Waals surface area contributed by atoms with Crippen LogP contribution in [-0.2, 0) is 9.53 Å². The van der Waals surface area contributed by atoms with Gasteiger partial charge in [0.05, 0.1) is 12.6 Å². The highest BCUT2D eigenvalue weighted by Gasteiger charge is 2.25. The Morgan fingerprint density at radius 2 is 2.20 bits per heavy atom. The van der Waals surface area contributed by atoms with Crippen LogP contribution in [-0.4, -0.2) is 80.8 Å². The summed E-state index contributed by atoms with van der Waals surface area (Å²) in [7, 11) is 2.09. The van der Waals surface area contributed by atoms with Gasteiger partial charge in [-0.15, -0.1) is 0 Å². The number of carbonyl (C=O) groups excluding carboxylic acids is 1. The molecule has 0 saturated carbocycles. The summed E-state index contributed by atoms with van der Waals surface area (Å²) in [6.07, 6.45) is 1.11. The number of piperazine rings is 1. The summed E-state index contributed by atoms with van der Waals surface area (Å²) in [5.74, 6) is 0.0811. The molecule has 0 radical (unpaired) electrons. The van der Waals surface area contributed by atoms with E-state index in [0.29, 0.717) is 26.2 Å². The molecule has 0 aromatic carbocycles. The first-order chi connectivity index (χ1) is 9.52. The Morgan fingerprint density at radius 1 is 1.45 bits per heavy atom. The monoisotopic (exact) mass is 286 g/mol. The molecule has 0 spiro atoms. The van der Waals surface area contributed by atoms with Gasteiger partial charge in [0, 0.05) is 45.4 Å². The van der Waals surface area contributed by atoms with Gasteiger partial charge in [0.2, 0.25) is 5.91 Å². The molecule has 3 N–H and O–H groups in total. The fraction of sp³-hybridized carbons (Fsp3) is 0.929. The lowest BCUT2D eigenvalue weighted by Gasteiger charge is -2.39. The van der Waals surface area contributed by atoms with Crippen LogP contribution in [0, 0.1) is 0 Å². The highest BCUT2D eigenvalue weighted by atomic mass is 16.5. The van der Waals surface area contributed by atoms with Gasteiger partial charge in [0.25, 0.3) is 0 Å². The fourth-order valence-corrected chi connectivity index (χ4v) is 2.34. The standard InChI is InChI=1S/C14H30N4O2/c1-12(2)20-8-4-5-16-14(19)11-18-7-6-17(3)10-13(18)9-15/h12-13H,4-11,15H2,1-3H3,(H,16,19). The van der Waals surface area contributed by atoms with Gasteiger partial charge in [0.15, 0.2) is 0 Å². The van der Waals surface area contributed by atoms with Gasteiger partial charge in [0.1, 0.15) is 0 Å². The molecule has 1 fully saturated rings. The smallest absolute Gasteiger partial charge is 0.234 e. The van der Waals surface area contributed by atoms with Crippen molar-refractivity contribution < 1.29 is 9.53 Å². The summed E-state index contributed by atoms with van der Waals surface area (Å²) in [4.78, 5) is 16.3. The molecule has 1 amide bonds. The lowest BCUT2D eigenvalue weighted by Crippen LogP contribution is -2.57. The summed E-state index contributed by atoms with van der Waals surface area (Å²) in [6.45, 7) is 9.27. The molecule has 1 rings (SSSR count). The topological polar surface area (TPSA) is 70.8 Å². The zero-order valence-electron chi connectivity index (χ0n) is 13.1. The van der Waals surface area contributed by atoms with E-state index in [1.54, 1.807) is 0 Å². The summed E-state index contributed by atoms with van der Waals surface area (Å²) in [5, 5.41) is 2.94. The Kier molecular flexibility index (Phi) is 8.06. The molecule has 1 atom stereocenters. The van der Waals surface area contributed by atoms with Gasteiger partial charge in [-0.3, -0.25) is 9.69 Å². The van der Waals surface area contributed by atoms with Gasteiger partial charge >= 0.3 is 0 Å². The number of hydrogen-bond donors (Lipinski definition) is 2. The first-order valence-electron chi connectivity index (χ1n) is 7.54. The van der Waals surface area contributed by atoms with Gasteiger partial charge < -0.3 is 20.7 Å². The van der Waals surface area contributed by atoms with Gasteiger partial charge in [-0.2, -0.15) is 0 Å². The van der Waals surface area contributed by atoms with E-state index in [-0.39, 0.29) is 18.1 Å². The summed E-state index contributed by atoms with van der Waals surface area (Å²) in [5.41, 5.74) is 5.78. The number of nitrogens with one attached hydrogen (secondary N) is 1. The van der Waals surface area contributed by atoms with Crippen LogP contribution < -0.4 is 11.1 Å². The van der Waals surface area contributed by atoms with Crippen LogP contribution in [0.5, 0.6) is 0 Å². The Labute approximate surface area is 122 Å². The minimum Gasteiger partial charge on any atom is -0.379 e. The van der Waals surface area contributed by atoms with E-state index in [1.165, 1.54) is 0 Å². The van der Waals surface area contributed by atoms with Gasteiger partial charge in [-0.25, -0.2) is 0 Å². The molecule has 118 valence electrons. The summed E-state index contributed by atoms with van der Waals surface area (Å²) in [6, 6.07) is 0.281. The molecule has 0 aliphatic carbocycles. The molecule has 1 aliphatic heterocycles. The quantitative estimate of drug-likeness (QED) is 0.588. The molecule has 6 nitrogen and oxygen atoms in total. The average molecular weight is 286 g/mol. The van der Waals surface area contributed by atoms with Crippen LogP contribution in [0.1, 0.15) is 20.3 Å². The highest BCUT2D eigenvalue weighted by Crippen LogP contribution is 2.06. The first-order valence-corrected chi connectivity index (χ1v) is 7.54. The molecular weight excluding hydrogens is 256 g/mol. The van der Waals surface area contributed by atoms with Crippen molar-refractivity contribution in [3.8, 4) is 0 Å². The molecule has 6 heteroatoms. The molecule has 0 aromatic heterocycles. The third-order valence-corrected chi connectivity index (χ3v) is 3.52. The van der Waals surface area contributed by atoms with Crippen molar-refractivity contribution >= 4 is 5.91 Å². The Morgan fingerprint density at radius 3 is 2.85 bits per heavy atom. The van der Waals surface area contributed by atoms with E-state index in [2.05, 4.69) is 22.2 Å². The van der Waals surface area contributed by atoms with Crippen molar-refractivity contribution in [1.82, 2.24) is 15.1 Å². The van der Waals surface area contributed by atoms with E-state index >= 15 is 0 Å². The number of hydrogen-bond acceptors (Lipinski definition) is 5. The lowest BCUT2D eigenvalue weighted by atomic mass is 10.1. The highest BCUT2D eigenvalue weighted by molar-refractivity contribution is 5.78. The lowest BCUT2D eigenvalue weighted by molar-refractivity contribution is -0.123. The minimum atomic E-state index is 0.0811. The van der Waals surface area contributed by atoms with Crippen LogP contribution >= 0.6 is 0 Å². The van der Waals surface area contributed by atoms with E-state index in [9.17, 15) is 4.79 Å². The van der Waals surface area contributed by atoms with Crippen molar-refractivity contribution in [2.24, 2.45) is 5.73 Å². The van der Waals surface area contributed by atoms with E-state index in [0.717, 1.165) is 26.1 Å². The largest absolute Gasteiger partial charge is 0.379 e. The second-order valence-electron chi connectivity index (χ2n) is 5.75. The third kappa shape index (κ3) is 6.65. The number of nitrogens with two attached hydrogens (primary N) is 1. The normalized spacial score (nSPS) is 21.4. The van der Waals surface area contributed by atoms with Crippen molar-refractivity contribution in [3.05, 3.63) is 0 Å². The SMILES string of the molecule is CC(C)OCCCNC(=O)CN1CCN(C)CC1CN. The molecule has 1 aliphatic rings. The summed E-state index contributed by atoms with van der Waals surface area (Å²) >= 11 is 0. The molecule has 20 heavy (non-hydrogen) atoms. The Bertz CT molecular complexity index is 286. The van der Waals surface area contributed by atoms with E-state index in [4.69, 9.17) is 10.5 Å². The molecule has 1 saturated heterocycles. The fourth-order valence-electron chi connectivity index (χ4n) is 2.34. The zero-order valence-corrected chi connectivity index (χ0v) is 13.1. The van der Waals surface area contributed by atoms with Crippen molar-refractivity contribution in [1.29, 1.82) is 0 Å². The molecule has 0 bridgehead atoms. The number of carbonyl (C=O) groups is 1. The van der Waals surface area contributed by atoms with Crippen molar-refractivity contribution in [2.45, 2.75) is 32.4 Å². The van der Waals surface area contributed by atoms with Gasteiger partial charge in [-0.05, 0) is 27.3 Å². The van der Waals surface area contributed by atoms with Crippen LogP contribution in [0.4, 0.5) is 0 Å². The minimum absolute atomic E-state index is 0.0811. The maximum atomic E-state index is 11.9. The molecule has 1 unspecified atom stereocenters. The zero-order chi connectivity index (χ0) is 15.0. The van der Waals surface area contributed by atoms with E-state index < -0.39 is 0 Å². The van der Waals surface area contributed by atoms with Gasteiger partial charge in [-0.1, -0.05) is 0 Å². The Balaban J connectivity index is 2.17. The number of likely N-dealkylation sites (N-methyl/N-ethyl adjacent to an activating group) is 1. The number of rotatable bonds is 8. The molecular formula is C14H30N4O2. The summed E-state index contributed by atoms with van der Waals surface area (Å²) < 4.78 is 5.44. The Hall–Kier alpha value is -0.690. The maximum absolute atomic E-state index is 11.9. The third-order valence-electron chi connectivity index (χ3n) is 3.52. The van der Waals surface area contributed by atoms with Crippen LogP contribution in [0.25, 0.3) is 0 Å². The second kappa shape index (κ2) is 9.28. The average Bonchev–Trinajstić information content (AvgIpc) is 2.40. The first kappa shape index (κ1) is 17.4. The predicted molar refractivity (Wildman–Crippen MR) is 80.6 cm³/mol. The predicted octanol–water partition coefficient (Wildman–Crippen LogP) is -0.508. The molecule has 0 aromatic rings. The number of ether oxygens (including phenoxy) is 1. The van der Waals surface area contributed by atoms with Crippen LogP contribution in [0.2, 0.25) is 0 Å². The molecule has 1 heterocycles. The second-order valence-corrected chi connectivity index (χ2v) is 5.75. The maximum Gasteiger partial charge on any atom is 0.234 e. The van der Waals surface area contributed by atoms with Crippen LogP contribution in [0.3, 0.4) is 0 Å². The van der Waals surface area contributed by atoms with Crippen molar-refractivity contribution in [2.75, 3.05) is 52.9 Å². The van der Waals surface area contributed by atoms with E-state index in [1.807, 2.05) is 13.8 Å².